The molecule has 1 heterocycles. The molecule has 0 aromatic heterocycles. The predicted octanol–water partition coefficient (Wildman–Crippen LogP) is 5.42. The molecule has 1 fully saturated rings. The molecule has 1 saturated heterocycles. The molecule has 0 saturated carbocycles. The van der Waals surface area contributed by atoms with Crippen LogP contribution in [0.5, 0.6) is 0 Å². The molecule has 0 unspecified atom stereocenters. The van der Waals surface area contributed by atoms with Crippen LogP contribution < -0.4 is 4.90 Å². The van der Waals surface area contributed by atoms with Gasteiger partial charge in [0.25, 0.3) is 0 Å². The summed E-state index contributed by atoms with van der Waals surface area (Å²) in [5.41, 5.74) is 6.05. The maximum atomic E-state index is 4.63. The van der Waals surface area contributed by atoms with Crippen LogP contribution in [0.2, 0.25) is 0 Å². The zero-order chi connectivity index (χ0) is 15.5. The van der Waals surface area contributed by atoms with E-state index >= 15 is 0 Å². The number of hydrogen-bond acceptors (Lipinski definition) is 2. The fraction of sp³-hybridized carbons (Fsp3) is 0.316. The van der Waals surface area contributed by atoms with Gasteiger partial charge >= 0.3 is 0 Å². The number of benzene rings is 2. The van der Waals surface area contributed by atoms with E-state index in [1.807, 2.05) is 18.3 Å². The quantitative estimate of drug-likeness (QED) is 0.670. The summed E-state index contributed by atoms with van der Waals surface area (Å²) in [5, 5.41) is 0. The Morgan fingerprint density at radius 2 is 1.77 bits per heavy atom. The van der Waals surface area contributed by atoms with E-state index in [2.05, 4.69) is 63.9 Å². The Morgan fingerprint density at radius 3 is 2.45 bits per heavy atom. The summed E-state index contributed by atoms with van der Waals surface area (Å²) < 4.78 is 1.09. The number of nitrogens with zero attached hydrogens (tertiary/aromatic N) is 2. The van der Waals surface area contributed by atoms with Crippen molar-refractivity contribution in [3.05, 3.63) is 57.6 Å². The minimum atomic E-state index is 1.02. The lowest BCUT2D eigenvalue weighted by Gasteiger charge is -2.20. The van der Waals surface area contributed by atoms with Crippen molar-refractivity contribution in [2.24, 2.45) is 4.99 Å². The minimum absolute atomic E-state index is 1.02. The Hall–Kier alpha value is -1.61. The van der Waals surface area contributed by atoms with Gasteiger partial charge in [0, 0.05) is 29.5 Å². The summed E-state index contributed by atoms with van der Waals surface area (Å²) >= 11 is 3.49. The van der Waals surface area contributed by atoms with E-state index in [0.29, 0.717) is 0 Å². The highest BCUT2D eigenvalue weighted by Gasteiger charge is 2.13. The smallest absolute Gasteiger partial charge is 0.0659 e. The SMILES string of the molecule is Cc1cc(Br)ccc1N=Cc1ccc(N2CCCC2)c(C)c1. The number of aliphatic imine (C=N–C) groups is 1. The van der Waals surface area contributed by atoms with E-state index in [4.69, 9.17) is 0 Å². The summed E-state index contributed by atoms with van der Waals surface area (Å²) in [5.74, 6) is 0. The molecular formula is C19H21BrN2. The second kappa shape index (κ2) is 6.66. The highest BCUT2D eigenvalue weighted by atomic mass is 79.9. The average Bonchev–Trinajstić information content (AvgIpc) is 3.00. The molecule has 3 heteroatoms. The zero-order valence-electron chi connectivity index (χ0n) is 13.1. The standard InChI is InChI=1S/C19H21BrN2/c1-14-12-17(20)6-7-18(14)21-13-16-5-8-19(15(2)11-16)22-9-3-4-10-22/h5-8,11-13H,3-4,9-10H2,1-2H3. The molecule has 22 heavy (non-hydrogen) atoms. The highest BCUT2D eigenvalue weighted by Crippen LogP contribution is 2.26. The van der Waals surface area contributed by atoms with Crippen LogP contribution in [0.15, 0.2) is 45.9 Å². The van der Waals surface area contributed by atoms with Crippen molar-refractivity contribution in [2.45, 2.75) is 26.7 Å². The van der Waals surface area contributed by atoms with Gasteiger partial charge < -0.3 is 4.90 Å². The summed E-state index contributed by atoms with van der Waals surface area (Å²) in [6.45, 7) is 6.65. The molecule has 0 bridgehead atoms. The van der Waals surface area contributed by atoms with Crippen molar-refractivity contribution >= 4 is 33.5 Å². The van der Waals surface area contributed by atoms with Crippen LogP contribution in [0.3, 0.4) is 0 Å². The molecule has 114 valence electrons. The molecule has 0 atom stereocenters. The number of hydrogen-bond donors (Lipinski definition) is 0. The van der Waals surface area contributed by atoms with E-state index < -0.39 is 0 Å². The largest absolute Gasteiger partial charge is 0.371 e. The average molecular weight is 357 g/mol. The number of aryl methyl sites for hydroxylation is 2. The molecular weight excluding hydrogens is 336 g/mol. The van der Waals surface area contributed by atoms with E-state index in [1.54, 1.807) is 0 Å². The van der Waals surface area contributed by atoms with Crippen LogP contribution in [-0.2, 0) is 0 Å². The minimum Gasteiger partial charge on any atom is -0.371 e. The molecule has 1 aliphatic rings. The van der Waals surface area contributed by atoms with Crippen molar-refractivity contribution in [2.75, 3.05) is 18.0 Å². The summed E-state index contributed by atoms with van der Waals surface area (Å²) in [7, 11) is 0. The van der Waals surface area contributed by atoms with Gasteiger partial charge in [0.1, 0.15) is 0 Å². The van der Waals surface area contributed by atoms with Crippen LogP contribution in [0, 0.1) is 13.8 Å². The van der Waals surface area contributed by atoms with Crippen LogP contribution >= 0.6 is 15.9 Å². The second-order valence-corrected chi connectivity index (χ2v) is 6.84. The number of rotatable bonds is 3. The molecule has 2 aromatic rings. The maximum absolute atomic E-state index is 4.63. The van der Waals surface area contributed by atoms with Crippen LogP contribution in [0.25, 0.3) is 0 Å². The topological polar surface area (TPSA) is 15.6 Å². The summed E-state index contributed by atoms with van der Waals surface area (Å²) in [4.78, 5) is 7.11. The predicted molar refractivity (Wildman–Crippen MR) is 98.8 cm³/mol. The summed E-state index contributed by atoms with van der Waals surface area (Å²) in [6.07, 6.45) is 4.58. The van der Waals surface area contributed by atoms with Gasteiger partial charge in [0.2, 0.25) is 0 Å². The van der Waals surface area contributed by atoms with Crippen molar-refractivity contribution < 1.29 is 0 Å². The molecule has 2 nitrogen and oxygen atoms in total. The second-order valence-electron chi connectivity index (χ2n) is 5.93. The highest BCUT2D eigenvalue weighted by molar-refractivity contribution is 9.10. The van der Waals surface area contributed by atoms with Gasteiger partial charge in [-0.1, -0.05) is 22.0 Å². The summed E-state index contributed by atoms with van der Waals surface area (Å²) in [6, 6.07) is 12.8. The molecule has 0 amide bonds. The molecule has 0 radical (unpaired) electrons. The fourth-order valence-electron chi connectivity index (χ4n) is 2.98. The zero-order valence-corrected chi connectivity index (χ0v) is 14.7. The van der Waals surface area contributed by atoms with Crippen molar-refractivity contribution in [1.82, 2.24) is 0 Å². The lowest BCUT2D eigenvalue weighted by molar-refractivity contribution is 0.949. The Morgan fingerprint density at radius 1 is 1.00 bits per heavy atom. The van der Waals surface area contributed by atoms with Crippen molar-refractivity contribution in [3.63, 3.8) is 0 Å². The lowest BCUT2D eigenvalue weighted by Crippen LogP contribution is -2.18. The van der Waals surface area contributed by atoms with Gasteiger partial charge in [-0.05, 0) is 73.7 Å². The van der Waals surface area contributed by atoms with E-state index in [1.165, 1.54) is 42.7 Å². The molecule has 3 rings (SSSR count). The number of halogens is 1. The molecule has 0 aliphatic carbocycles. The third-order valence-corrected chi connectivity index (χ3v) is 4.67. The van der Waals surface area contributed by atoms with Crippen molar-refractivity contribution in [3.8, 4) is 0 Å². The van der Waals surface area contributed by atoms with Gasteiger partial charge in [-0.25, -0.2) is 0 Å². The first-order valence-electron chi connectivity index (χ1n) is 7.79. The molecule has 2 aromatic carbocycles. The van der Waals surface area contributed by atoms with Crippen LogP contribution in [0.4, 0.5) is 11.4 Å². The Balaban J connectivity index is 1.80. The van der Waals surface area contributed by atoms with Gasteiger partial charge in [0.05, 0.1) is 5.69 Å². The van der Waals surface area contributed by atoms with Gasteiger partial charge in [-0.2, -0.15) is 0 Å². The fourth-order valence-corrected chi connectivity index (χ4v) is 3.46. The molecule has 0 spiro atoms. The normalized spacial score (nSPS) is 15.0. The number of anilines is 1. The van der Waals surface area contributed by atoms with Crippen LogP contribution in [-0.4, -0.2) is 19.3 Å². The third kappa shape index (κ3) is 3.41. The maximum Gasteiger partial charge on any atom is 0.0659 e. The monoisotopic (exact) mass is 356 g/mol. The van der Waals surface area contributed by atoms with E-state index in [-0.39, 0.29) is 0 Å². The third-order valence-electron chi connectivity index (χ3n) is 4.18. The lowest BCUT2D eigenvalue weighted by atomic mass is 10.1. The Labute approximate surface area is 141 Å². The van der Waals surface area contributed by atoms with Gasteiger partial charge in [-0.15, -0.1) is 0 Å². The van der Waals surface area contributed by atoms with Crippen molar-refractivity contribution in [1.29, 1.82) is 0 Å². The van der Waals surface area contributed by atoms with E-state index in [0.717, 1.165) is 15.7 Å². The Kier molecular flexibility index (Phi) is 4.63. The first-order chi connectivity index (χ1) is 10.6. The molecule has 1 aliphatic heterocycles. The van der Waals surface area contributed by atoms with E-state index in [9.17, 15) is 0 Å². The van der Waals surface area contributed by atoms with Gasteiger partial charge in [-0.3, -0.25) is 4.99 Å². The Bertz CT molecular complexity index is 701. The first kappa shape index (κ1) is 15.3. The molecule has 0 N–H and O–H groups in total. The van der Waals surface area contributed by atoms with Crippen LogP contribution in [0.1, 0.15) is 29.5 Å². The van der Waals surface area contributed by atoms with Gasteiger partial charge in [0.15, 0.2) is 0 Å². The first-order valence-corrected chi connectivity index (χ1v) is 8.58.